The lowest BCUT2D eigenvalue weighted by atomic mass is 10.0. The first kappa shape index (κ1) is 23.8. The Morgan fingerprint density at radius 1 is 1.00 bits per heavy atom. The molecule has 34 heavy (non-hydrogen) atoms. The molecule has 5 nitrogen and oxygen atoms in total. The molecule has 0 bridgehead atoms. The van der Waals surface area contributed by atoms with Crippen molar-refractivity contribution in [3.63, 3.8) is 0 Å². The van der Waals surface area contributed by atoms with Gasteiger partial charge < -0.3 is 14.7 Å². The Balaban J connectivity index is 1.40. The van der Waals surface area contributed by atoms with Gasteiger partial charge in [-0.1, -0.05) is 41.6 Å². The van der Waals surface area contributed by atoms with Crippen LogP contribution in [0.3, 0.4) is 0 Å². The summed E-state index contributed by atoms with van der Waals surface area (Å²) in [6.45, 7) is 0.707. The Kier molecular flexibility index (Phi) is 7.82. The number of benzene rings is 3. The molecule has 0 aromatic heterocycles. The van der Waals surface area contributed by atoms with Crippen LogP contribution in [0, 0.1) is 17.5 Å². The molecular formula is C26H25F3N2O3. The Bertz CT molecular complexity index is 1110. The van der Waals surface area contributed by atoms with Crippen molar-refractivity contribution in [1.29, 1.82) is 0 Å². The van der Waals surface area contributed by atoms with Crippen LogP contribution in [-0.2, 0) is 11.4 Å². The molecular weight excluding hydrogens is 445 g/mol. The van der Waals surface area contributed by atoms with Crippen molar-refractivity contribution in [2.75, 3.05) is 19.7 Å². The zero-order valence-electron chi connectivity index (χ0n) is 18.4. The number of halogens is 3. The normalized spacial score (nSPS) is 16.3. The van der Waals surface area contributed by atoms with Gasteiger partial charge in [0.1, 0.15) is 42.0 Å². The van der Waals surface area contributed by atoms with Gasteiger partial charge in [-0.15, -0.1) is 0 Å². The standard InChI is InChI=1S/C26H25F3N2O3/c27-20-9-6-18(7-10-20)26-13-24(34-30-26)16-31(14-19-8-11-21(28)12-25(19)29)15-22(32)17-33-23-4-2-1-3-5-23/h1-12,22,24,32H,13-17H2/t22-,24-/m1/s1. The van der Waals surface area contributed by atoms with Crippen LogP contribution in [0.2, 0.25) is 0 Å². The van der Waals surface area contributed by atoms with E-state index in [9.17, 15) is 18.3 Å². The van der Waals surface area contributed by atoms with E-state index >= 15 is 0 Å². The zero-order chi connectivity index (χ0) is 23.9. The Labute approximate surface area is 196 Å². The molecule has 0 saturated heterocycles. The maximum absolute atomic E-state index is 14.3. The average molecular weight is 470 g/mol. The molecule has 0 aliphatic carbocycles. The van der Waals surface area contributed by atoms with Gasteiger partial charge in [0.05, 0.1) is 5.71 Å². The lowest BCUT2D eigenvalue weighted by molar-refractivity contribution is 0.0209. The maximum atomic E-state index is 14.3. The van der Waals surface area contributed by atoms with E-state index in [1.807, 2.05) is 23.1 Å². The van der Waals surface area contributed by atoms with E-state index in [2.05, 4.69) is 5.16 Å². The highest BCUT2D eigenvalue weighted by Gasteiger charge is 2.26. The van der Waals surface area contributed by atoms with Crippen LogP contribution in [0.25, 0.3) is 0 Å². The molecule has 2 atom stereocenters. The molecule has 0 unspecified atom stereocenters. The maximum Gasteiger partial charge on any atom is 0.145 e. The summed E-state index contributed by atoms with van der Waals surface area (Å²) in [5, 5.41) is 14.7. The van der Waals surface area contributed by atoms with Gasteiger partial charge in [-0.05, 0) is 35.9 Å². The lowest BCUT2D eigenvalue weighted by Crippen LogP contribution is -2.40. The Morgan fingerprint density at radius 3 is 2.47 bits per heavy atom. The van der Waals surface area contributed by atoms with E-state index in [1.54, 1.807) is 24.3 Å². The number of ether oxygens (including phenoxy) is 1. The molecule has 8 heteroatoms. The quantitative estimate of drug-likeness (QED) is 0.473. The topological polar surface area (TPSA) is 54.3 Å². The third kappa shape index (κ3) is 6.59. The smallest absolute Gasteiger partial charge is 0.145 e. The summed E-state index contributed by atoms with van der Waals surface area (Å²) in [6.07, 6.45) is -0.724. The van der Waals surface area contributed by atoms with Crippen molar-refractivity contribution < 1.29 is 27.9 Å². The summed E-state index contributed by atoms with van der Waals surface area (Å²) >= 11 is 0. The largest absolute Gasteiger partial charge is 0.491 e. The van der Waals surface area contributed by atoms with Gasteiger partial charge in [-0.25, -0.2) is 13.2 Å². The molecule has 3 aromatic carbocycles. The predicted molar refractivity (Wildman–Crippen MR) is 122 cm³/mol. The summed E-state index contributed by atoms with van der Waals surface area (Å²) in [4.78, 5) is 7.39. The fraction of sp³-hybridized carbons (Fsp3) is 0.269. The third-order valence-corrected chi connectivity index (χ3v) is 5.44. The Hall–Kier alpha value is -3.36. The number of aliphatic hydroxyl groups is 1. The van der Waals surface area contributed by atoms with Gasteiger partial charge in [-0.2, -0.15) is 0 Å². The van der Waals surface area contributed by atoms with Crippen molar-refractivity contribution in [1.82, 2.24) is 4.90 Å². The number of para-hydroxylation sites is 1. The molecule has 0 fully saturated rings. The fourth-order valence-electron chi connectivity index (χ4n) is 3.78. The van der Waals surface area contributed by atoms with Gasteiger partial charge >= 0.3 is 0 Å². The van der Waals surface area contributed by atoms with Crippen molar-refractivity contribution in [2.24, 2.45) is 5.16 Å². The second-order valence-electron chi connectivity index (χ2n) is 8.18. The summed E-state index contributed by atoms with van der Waals surface area (Å²) < 4.78 is 46.5. The Morgan fingerprint density at radius 2 is 1.74 bits per heavy atom. The number of aliphatic hydroxyl groups excluding tert-OH is 1. The van der Waals surface area contributed by atoms with E-state index in [1.165, 1.54) is 24.3 Å². The van der Waals surface area contributed by atoms with Crippen molar-refractivity contribution in [3.05, 3.63) is 101 Å². The second kappa shape index (κ2) is 11.2. The van der Waals surface area contributed by atoms with E-state index in [0.29, 0.717) is 30.0 Å². The van der Waals surface area contributed by atoms with Crippen molar-refractivity contribution in [2.45, 2.75) is 25.2 Å². The molecule has 3 aromatic rings. The fourth-order valence-corrected chi connectivity index (χ4v) is 3.78. The van der Waals surface area contributed by atoms with Crippen LogP contribution in [0.4, 0.5) is 13.2 Å². The van der Waals surface area contributed by atoms with Crippen LogP contribution in [-0.4, -0.2) is 47.6 Å². The van der Waals surface area contributed by atoms with E-state index in [4.69, 9.17) is 9.57 Å². The highest BCUT2D eigenvalue weighted by Crippen LogP contribution is 2.20. The molecule has 1 heterocycles. The number of nitrogens with zero attached hydrogens (tertiary/aromatic N) is 2. The molecule has 1 aliphatic rings. The first-order valence-electron chi connectivity index (χ1n) is 11.0. The number of hydrogen-bond donors (Lipinski definition) is 1. The van der Waals surface area contributed by atoms with Crippen LogP contribution in [0.5, 0.6) is 5.75 Å². The van der Waals surface area contributed by atoms with E-state index in [-0.39, 0.29) is 31.6 Å². The van der Waals surface area contributed by atoms with Crippen LogP contribution < -0.4 is 4.74 Å². The summed E-state index contributed by atoms with van der Waals surface area (Å²) in [5.74, 6) is -1.01. The molecule has 1 aliphatic heterocycles. The van der Waals surface area contributed by atoms with E-state index in [0.717, 1.165) is 11.6 Å². The zero-order valence-corrected chi connectivity index (χ0v) is 18.4. The minimum Gasteiger partial charge on any atom is -0.491 e. The van der Waals surface area contributed by atoms with Crippen LogP contribution in [0.15, 0.2) is 78.0 Å². The monoisotopic (exact) mass is 470 g/mol. The van der Waals surface area contributed by atoms with Crippen molar-refractivity contribution >= 4 is 5.71 Å². The highest BCUT2D eigenvalue weighted by molar-refractivity contribution is 6.01. The summed E-state index contributed by atoms with van der Waals surface area (Å²) in [7, 11) is 0. The minimum atomic E-state index is -0.859. The summed E-state index contributed by atoms with van der Waals surface area (Å²) in [5.41, 5.74) is 1.75. The van der Waals surface area contributed by atoms with Crippen molar-refractivity contribution in [3.8, 4) is 5.75 Å². The summed E-state index contributed by atoms with van der Waals surface area (Å²) in [6, 6.07) is 18.5. The molecule has 4 rings (SSSR count). The van der Waals surface area contributed by atoms with Crippen LogP contribution in [0.1, 0.15) is 17.5 Å². The molecule has 0 radical (unpaired) electrons. The molecule has 178 valence electrons. The second-order valence-corrected chi connectivity index (χ2v) is 8.18. The van der Waals surface area contributed by atoms with Gasteiger partial charge in [-0.3, -0.25) is 4.90 Å². The molecule has 1 N–H and O–H groups in total. The minimum absolute atomic E-state index is 0.0509. The predicted octanol–water partition coefficient (Wildman–Crippen LogP) is 4.54. The lowest BCUT2D eigenvalue weighted by Gasteiger charge is -2.27. The van der Waals surface area contributed by atoms with E-state index < -0.39 is 17.7 Å². The third-order valence-electron chi connectivity index (χ3n) is 5.44. The van der Waals surface area contributed by atoms with Gasteiger partial charge in [0.2, 0.25) is 0 Å². The highest BCUT2D eigenvalue weighted by atomic mass is 19.1. The van der Waals surface area contributed by atoms with Gasteiger partial charge in [0, 0.05) is 37.7 Å². The SMILES string of the molecule is O[C@@H](COc1ccccc1)CN(Cc1ccc(F)cc1F)C[C@H]1CC(c2ccc(F)cc2)=NO1. The number of hydrogen-bond acceptors (Lipinski definition) is 5. The van der Waals surface area contributed by atoms with Crippen LogP contribution >= 0.6 is 0 Å². The molecule has 0 amide bonds. The molecule has 0 saturated carbocycles. The average Bonchev–Trinajstić information content (AvgIpc) is 3.29. The van der Waals surface area contributed by atoms with Gasteiger partial charge in [0.15, 0.2) is 0 Å². The van der Waals surface area contributed by atoms with Gasteiger partial charge in [0.25, 0.3) is 0 Å². The molecule has 0 spiro atoms. The first-order chi connectivity index (χ1) is 16.5. The first-order valence-corrected chi connectivity index (χ1v) is 11.0. The number of oxime groups is 1. The number of rotatable bonds is 10.